The van der Waals surface area contributed by atoms with Gasteiger partial charge in [0.2, 0.25) is 0 Å². The van der Waals surface area contributed by atoms with E-state index in [0.29, 0.717) is 21.2 Å². The molecule has 0 saturated heterocycles. The van der Waals surface area contributed by atoms with Crippen molar-refractivity contribution in [1.82, 2.24) is 0 Å². The number of hydrogen-bond donors (Lipinski definition) is 1. The van der Waals surface area contributed by atoms with E-state index >= 15 is 0 Å². The molecule has 0 aliphatic rings. The monoisotopic (exact) mass is 272 g/mol. The van der Waals surface area contributed by atoms with Crippen molar-refractivity contribution in [1.29, 1.82) is 0 Å². The molecule has 5 nitrogen and oxygen atoms in total. The fraction of sp³-hybridized carbons (Fsp3) is 0. The molecule has 0 aliphatic carbocycles. The summed E-state index contributed by atoms with van der Waals surface area (Å²) >= 11 is 0.618. The average Bonchev–Trinajstić information content (AvgIpc) is 1.25. The molecule has 0 bridgehead atoms. The highest BCUT2D eigenvalue weighted by atomic mass is 127. The fourth-order valence-corrected chi connectivity index (χ4v) is 0. The molecule has 0 aromatic carbocycles. The molecule has 50 valence electrons. The van der Waals surface area contributed by atoms with Crippen LogP contribution in [0.5, 0.6) is 0 Å². The Morgan fingerprint density at radius 1 is 1.12 bits per heavy atom. The molecule has 0 rings (SSSR count). The molecule has 0 radical (unpaired) electrons. The van der Waals surface area contributed by atoms with Crippen LogP contribution in [0.2, 0.25) is 0 Å². The Morgan fingerprint density at radius 3 is 1.25 bits per heavy atom. The molecule has 0 heterocycles. The summed E-state index contributed by atoms with van der Waals surface area (Å²) in [5.74, 6) is 0. The van der Waals surface area contributed by atoms with Crippen LogP contribution in [0.25, 0.3) is 0 Å². The molecule has 0 amide bonds. The number of hydrogen-bond acceptors (Lipinski definition) is 4. The molecular formula is HIO5S2. The second kappa shape index (κ2) is 2.08. The zero-order chi connectivity index (χ0) is 7.00. The molecule has 1 N–H and O–H groups in total. The lowest BCUT2D eigenvalue weighted by atomic mass is 15.9. The van der Waals surface area contributed by atoms with Gasteiger partial charge in [-0.2, -0.15) is 16.8 Å². The third-order valence-electron chi connectivity index (χ3n) is 0.252. The molecule has 0 spiro atoms. The smallest absolute Gasteiger partial charge is 0.273 e. The van der Waals surface area contributed by atoms with Crippen LogP contribution in [-0.2, 0) is 15.2 Å². The van der Waals surface area contributed by atoms with Crippen LogP contribution in [0.4, 0.5) is 0 Å². The van der Waals surface area contributed by atoms with E-state index in [1.807, 2.05) is 0 Å². The highest BCUT2D eigenvalue weighted by molar-refractivity contribution is 14.2. The maximum absolute atomic E-state index is 9.80. The average molecular weight is 272 g/mol. The zero-order valence-electron chi connectivity index (χ0n) is 3.27. The van der Waals surface area contributed by atoms with Gasteiger partial charge >= 0.3 is 15.2 Å². The molecule has 0 fully saturated rings. The Kier molecular flexibility index (Phi) is 2.23. The minimum atomic E-state index is -4.88. The van der Waals surface area contributed by atoms with Crippen LogP contribution in [0.15, 0.2) is 0 Å². The standard InChI is InChI=1S/HIO5S2/c1-7(2,3)8(4,5)6/h(H,4,5,6). The summed E-state index contributed by atoms with van der Waals surface area (Å²) in [6, 6.07) is -4.34. The Bertz CT molecular complexity index is 223. The van der Waals surface area contributed by atoms with Crippen molar-refractivity contribution in [2.45, 2.75) is 0 Å². The van der Waals surface area contributed by atoms with E-state index in [4.69, 9.17) is 4.55 Å². The fourth-order valence-electron chi connectivity index (χ4n) is 0. The van der Waals surface area contributed by atoms with E-state index in [2.05, 4.69) is 0 Å². The lowest BCUT2D eigenvalue weighted by molar-refractivity contribution is 0.495. The minimum Gasteiger partial charge on any atom is -0.273 e. The zero-order valence-corrected chi connectivity index (χ0v) is 7.07. The normalized spacial score (nSPS) is 13.8. The molecule has 0 aromatic heterocycles. The van der Waals surface area contributed by atoms with Gasteiger partial charge in [-0.1, -0.05) is 0 Å². The van der Waals surface area contributed by atoms with Gasteiger partial charge in [0, 0.05) is 0 Å². The molecular weight excluding hydrogens is 271 g/mol. The first kappa shape index (κ1) is 8.59. The van der Waals surface area contributed by atoms with Gasteiger partial charge < -0.3 is 0 Å². The first-order chi connectivity index (χ1) is 3.25. The maximum Gasteiger partial charge on any atom is 0.381 e. The summed E-state index contributed by atoms with van der Waals surface area (Å²) in [7, 11) is -4.88. The summed E-state index contributed by atoms with van der Waals surface area (Å²) in [6.45, 7) is 0. The van der Waals surface area contributed by atoms with Crippen LogP contribution in [0.3, 0.4) is 0 Å². The summed E-state index contributed by atoms with van der Waals surface area (Å²) in [5.41, 5.74) is 0. The summed E-state index contributed by atoms with van der Waals surface area (Å²) in [4.78, 5) is 0. The second-order valence-corrected chi connectivity index (χ2v) is 10.3. The quantitative estimate of drug-likeness (QED) is 0.302. The third-order valence-corrected chi connectivity index (χ3v) is 6.35. The van der Waals surface area contributed by atoms with E-state index in [1.54, 1.807) is 0 Å². The molecule has 0 aliphatic heterocycles. The van der Waals surface area contributed by atoms with Crippen LogP contribution in [-0.4, -0.2) is 21.4 Å². The van der Waals surface area contributed by atoms with Crippen molar-refractivity contribution in [3.05, 3.63) is 0 Å². The van der Waals surface area contributed by atoms with Crippen LogP contribution >= 0.6 is 21.2 Å². The predicted molar refractivity (Wildman–Crippen MR) is 34.5 cm³/mol. The first-order valence-corrected chi connectivity index (χ1v) is 7.15. The van der Waals surface area contributed by atoms with Gasteiger partial charge in [0.05, 0.1) is 21.2 Å². The largest absolute Gasteiger partial charge is 0.381 e. The lowest BCUT2D eigenvalue weighted by Gasteiger charge is -1.83. The van der Waals surface area contributed by atoms with Gasteiger partial charge in [-0.25, -0.2) is 0 Å². The maximum atomic E-state index is 9.80. The Balaban J connectivity index is 5.18. The highest BCUT2D eigenvalue weighted by Crippen LogP contribution is 2.07. The third kappa shape index (κ3) is 2.24. The summed E-state index contributed by atoms with van der Waals surface area (Å²) < 4.78 is 46.6. The van der Waals surface area contributed by atoms with Crippen molar-refractivity contribution in [2.75, 3.05) is 0 Å². The van der Waals surface area contributed by atoms with Crippen molar-refractivity contribution in [2.24, 2.45) is 0 Å². The van der Waals surface area contributed by atoms with Crippen molar-refractivity contribution >= 4 is 36.4 Å². The topological polar surface area (TPSA) is 88.5 Å². The van der Waals surface area contributed by atoms with Gasteiger partial charge in [-0.15, -0.1) is 0 Å². The van der Waals surface area contributed by atoms with E-state index in [-0.39, 0.29) is 0 Å². The molecule has 8 heavy (non-hydrogen) atoms. The van der Waals surface area contributed by atoms with Crippen molar-refractivity contribution in [3.63, 3.8) is 0 Å². The molecule has 8 heteroatoms. The van der Waals surface area contributed by atoms with Crippen molar-refractivity contribution < 1.29 is 21.4 Å². The van der Waals surface area contributed by atoms with E-state index in [9.17, 15) is 16.8 Å². The molecule has 0 aromatic rings. The summed E-state index contributed by atoms with van der Waals surface area (Å²) in [5, 5.41) is 0. The van der Waals surface area contributed by atoms with Crippen LogP contribution < -0.4 is 0 Å². The molecule has 0 atom stereocenters. The van der Waals surface area contributed by atoms with Gasteiger partial charge in [0.15, 0.2) is 0 Å². The number of rotatable bonds is 1. The first-order valence-electron chi connectivity index (χ1n) is 1.17. The second-order valence-electron chi connectivity index (χ2n) is 0.821. The number of halogens is 1. The summed E-state index contributed by atoms with van der Waals surface area (Å²) in [6.07, 6.45) is 0. The van der Waals surface area contributed by atoms with E-state index in [0.717, 1.165) is 0 Å². The lowest BCUT2D eigenvalue weighted by Crippen LogP contribution is -2.05. The van der Waals surface area contributed by atoms with E-state index < -0.39 is 15.2 Å². The van der Waals surface area contributed by atoms with Gasteiger partial charge in [-0.3, -0.25) is 4.55 Å². The Hall–Kier alpha value is 0.590. The predicted octanol–water partition coefficient (Wildman–Crippen LogP) is -0.446. The van der Waals surface area contributed by atoms with Gasteiger partial charge in [-0.05, 0) is 0 Å². The van der Waals surface area contributed by atoms with E-state index in [1.165, 1.54) is 0 Å². The Morgan fingerprint density at radius 2 is 1.25 bits per heavy atom. The molecule has 0 saturated carbocycles. The van der Waals surface area contributed by atoms with Gasteiger partial charge in [0.25, 0.3) is 0 Å². The van der Waals surface area contributed by atoms with Crippen LogP contribution in [0, 0.1) is 0 Å². The van der Waals surface area contributed by atoms with Crippen molar-refractivity contribution in [3.8, 4) is 0 Å². The highest BCUT2D eigenvalue weighted by Gasteiger charge is 2.21. The Labute approximate surface area is 57.7 Å². The van der Waals surface area contributed by atoms with Gasteiger partial charge in [0.1, 0.15) is 0 Å². The minimum absolute atomic E-state index is 0.618. The SMILES string of the molecule is O=S(=O)(O)S(=O)(=O)I. The molecule has 0 unspecified atom stereocenters. The van der Waals surface area contributed by atoms with Crippen LogP contribution in [0.1, 0.15) is 0 Å².